The van der Waals surface area contributed by atoms with E-state index in [1.807, 2.05) is 6.92 Å². The number of hydrogen-bond donors (Lipinski definition) is 2. The molecule has 0 aliphatic carbocycles. The Morgan fingerprint density at radius 3 is 2.90 bits per heavy atom. The average molecular weight is 296 g/mol. The predicted octanol–water partition coefficient (Wildman–Crippen LogP) is 1.14. The summed E-state index contributed by atoms with van der Waals surface area (Å²) in [7, 11) is 0. The van der Waals surface area contributed by atoms with Crippen molar-refractivity contribution >= 4 is 29.2 Å². The van der Waals surface area contributed by atoms with Crippen LogP contribution in [0.2, 0.25) is 0 Å². The van der Waals surface area contributed by atoms with Crippen LogP contribution < -0.4 is 20.2 Å². The number of hydrazone groups is 1. The number of thiocarbonyl (C=S) groups is 1. The highest BCUT2D eigenvalue weighted by molar-refractivity contribution is 7.80. The molecular formula is C11H12N4O4S. The fourth-order valence-corrected chi connectivity index (χ4v) is 1.77. The molecule has 9 heteroatoms. The molecule has 1 heterocycles. The van der Waals surface area contributed by atoms with Crippen molar-refractivity contribution < 1.29 is 14.4 Å². The van der Waals surface area contributed by atoms with Crippen molar-refractivity contribution in [3.8, 4) is 11.5 Å². The van der Waals surface area contributed by atoms with Gasteiger partial charge in [0.15, 0.2) is 16.6 Å². The van der Waals surface area contributed by atoms with Crippen LogP contribution in [0.25, 0.3) is 0 Å². The molecule has 1 aromatic carbocycles. The molecule has 0 aromatic heterocycles. The molecule has 0 bridgehead atoms. The Kier molecular flexibility index (Phi) is 4.31. The summed E-state index contributed by atoms with van der Waals surface area (Å²) in [5.41, 5.74) is 2.74. The first-order valence-corrected chi connectivity index (χ1v) is 6.17. The van der Waals surface area contributed by atoms with Crippen molar-refractivity contribution in [3.05, 3.63) is 27.8 Å². The maximum atomic E-state index is 11.0. The molecule has 2 N–H and O–H groups in total. The van der Waals surface area contributed by atoms with Gasteiger partial charge in [0.1, 0.15) is 0 Å². The molecule has 2 rings (SSSR count). The number of nitro benzene ring substituents is 1. The maximum absolute atomic E-state index is 11.0. The van der Waals surface area contributed by atoms with E-state index in [0.29, 0.717) is 28.7 Å². The third-order valence-corrected chi connectivity index (χ3v) is 2.66. The molecule has 1 aliphatic rings. The number of ether oxygens (including phenoxy) is 2. The highest BCUT2D eigenvalue weighted by Gasteiger charge is 2.22. The molecule has 0 fully saturated rings. The van der Waals surface area contributed by atoms with Gasteiger partial charge in [-0.25, -0.2) is 0 Å². The molecule has 1 aliphatic heterocycles. The van der Waals surface area contributed by atoms with Crippen molar-refractivity contribution in [2.45, 2.75) is 6.92 Å². The monoisotopic (exact) mass is 296 g/mol. The lowest BCUT2D eigenvalue weighted by molar-refractivity contribution is -0.385. The van der Waals surface area contributed by atoms with Crippen LogP contribution in [0.4, 0.5) is 5.69 Å². The lowest BCUT2D eigenvalue weighted by atomic mass is 10.1. The van der Waals surface area contributed by atoms with Gasteiger partial charge in [0.05, 0.1) is 22.8 Å². The van der Waals surface area contributed by atoms with Gasteiger partial charge in [0.2, 0.25) is 6.79 Å². The molecule has 106 valence electrons. The van der Waals surface area contributed by atoms with Crippen LogP contribution in [0.15, 0.2) is 17.2 Å². The zero-order chi connectivity index (χ0) is 14.5. The minimum absolute atomic E-state index is 0.0514. The summed E-state index contributed by atoms with van der Waals surface area (Å²) in [5, 5.41) is 18.0. The van der Waals surface area contributed by atoms with Crippen LogP contribution in [0, 0.1) is 10.1 Å². The molecule has 0 atom stereocenters. The Morgan fingerprint density at radius 1 is 1.55 bits per heavy atom. The van der Waals surface area contributed by atoms with Gasteiger partial charge in [-0.3, -0.25) is 15.5 Å². The first kappa shape index (κ1) is 14.0. The van der Waals surface area contributed by atoms with E-state index in [1.54, 1.807) is 0 Å². The summed E-state index contributed by atoms with van der Waals surface area (Å²) >= 11 is 4.92. The lowest BCUT2D eigenvalue weighted by Crippen LogP contribution is -2.31. The Morgan fingerprint density at radius 2 is 2.25 bits per heavy atom. The fraction of sp³-hybridized carbons (Fsp3) is 0.273. The Bertz CT molecular complexity index is 576. The third kappa shape index (κ3) is 3.12. The van der Waals surface area contributed by atoms with Gasteiger partial charge in [-0.1, -0.05) is 0 Å². The summed E-state index contributed by atoms with van der Waals surface area (Å²) in [6, 6.07) is 2.81. The molecular weight excluding hydrogens is 284 g/mol. The molecule has 8 nitrogen and oxygen atoms in total. The van der Waals surface area contributed by atoms with Crippen LogP contribution in [-0.4, -0.2) is 29.6 Å². The smallest absolute Gasteiger partial charge is 0.282 e. The van der Waals surface area contributed by atoms with Crippen molar-refractivity contribution in [2.24, 2.45) is 5.10 Å². The minimum Gasteiger partial charge on any atom is -0.454 e. The molecule has 0 unspecified atom stereocenters. The molecule has 1 aromatic rings. The molecule has 0 spiro atoms. The average Bonchev–Trinajstić information content (AvgIpc) is 2.85. The van der Waals surface area contributed by atoms with E-state index < -0.39 is 4.92 Å². The first-order chi connectivity index (χ1) is 9.61. The van der Waals surface area contributed by atoms with Crippen LogP contribution >= 0.6 is 12.2 Å². The SMILES string of the molecule is CCNC(=S)NN=Cc1cc2c(cc1[N+](=O)[O-])OCO2. The van der Waals surface area contributed by atoms with Crippen LogP contribution in [0.3, 0.4) is 0 Å². The van der Waals surface area contributed by atoms with Crippen LogP contribution in [0.5, 0.6) is 11.5 Å². The van der Waals surface area contributed by atoms with Crippen LogP contribution in [0.1, 0.15) is 12.5 Å². The number of benzene rings is 1. The van der Waals surface area contributed by atoms with Crippen molar-refractivity contribution in [2.75, 3.05) is 13.3 Å². The van der Waals surface area contributed by atoms with Gasteiger partial charge in [-0.15, -0.1) is 0 Å². The van der Waals surface area contributed by atoms with E-state index in [2.05, 4.69) is 15.8 Å². The van der Waals surface area contributed by atoms with E-state index in [1.165, 1.54) is 18.3 Å². The summed E-state index contributed by atoms with van der Waals surface area (Å²) in [6.07, 6.45) is 1.31. The summed E-state index contributed by atoms with van der Waals surface area (Å²) < 4.78 is 10.3. The first-order valence-electron chi connectivity index (χ1n) is 5.76. The number of fused-ring (bicyclic) bond motifs is 1. The third-order valence-electron chi connectivity index (χ3n) is 2.43. The maximum Gasteiger partial charge on any atom is 0.282 e. The van der Waals surface area contributed by atoms with Gasteiger partial charge in [0, 0.05) is 6.54 Å². The number of rotatable bonds is 4. The van der Waals surface area contributed by atoms with Gasteiger partial charge in [-0.2, -0.15) is 5.10 Å². The van der Waals surface area contributed by atoms with Gasteiger partial charge in [0.25, 0.3) is 5.69 Å². The van der Waals surface area contributed by atoms with E-state index in [4.69, 9.17) is 21.7 Å². The standard InChI is InChI=1S/C11H12N4O4S/c1-2-12-11(20)14-13-5-7-3-9-10(19-6-18-9)4-8(7)15(16)17/h3-5H,2,6H2,1H3,(H2,12,14,20). The van der Waals surface area contributed by atoms with Gasteiger partial charge >= 0.3 is 0 Å². The molecule has 0 saturated heterocycles. The summed E-state index contributed by atoms with van der Waals surface area (Å²) in [6.45, 7) is 2.60. The molecule has 0 saturated carbocycles. The van der Waals surface area contributed by atoms with Crippen molar-refractivity contribution in [1.29, 1.82) is 0 Å². The van der Waals surface area contributed by atoms with Gasteiger partial charge in [-0.05, 0) is 25.2 Å². The van der Waals surface area contributed by atoms with Crippen LogP contribution in [-0.2, 0) is 0 Å². The normalized spacial score (nSPS) is 12.4. The largest absolute Gasteiger partial charge is 0.454 e. The fourth-order valence-electron chi connectivity index (χ4n) is 1.57. The minimum atomic E-state index is -0.508. The Hall–Kier alpha value is -2.42. The number of hydrogen-bond acceptors (Lipinski definition) is 6. The molecule has 0 amide bonds. The zero-order valence-corrected chi connectivity index (χ0v) is 11.4. The van der Waals surface area contributed by atoms with E-state index in [9.17, 15) is 10.1 Å². The number of nitrogens with one attached hydrogen (secondary N) is 2. The molecule has 0 radical (unpaired) electrons. The quantitative estimate of drug-likeness (QED) is 0.372. The second-order valence-electron chi connectivity index (χ2n) is 3.75. The summed E-state index contributed by atoms with van der Waals surface area (Å²) in [4.78, 5) is 10.5. The number of nitrogens with zero attached hydrogens (tertiary/aromatic N) is 2. The Labute approximate surface area is 119 Å². The van der Waals surface area contributed by atoms with E-state index in [-0.39, 0.29) is 12.5 Å². The van der Waals surface area contributed by atoms with Crippen molar-refractivity contribution in [1.82, 2.24) is 10.7 Å². The van der Waals surface area contributed by atoms with E-state index in [0.717, 1.165) is 0 Å². The summed E-state index contributed by atoms with van der Waals surface area (Å²) in [5.74, 6) is 0.802. The predicted molar refractivity (Wildman–Crippen MR) is 76.2 cm³/mol. The number of nitro groups is 1. The lowest BCUT2D eigenvalue weighted by Gasteiger charge is -2.03. The Balaban J connectivity index is 2.20. The highest BCUT2D eigenvalue weighted by Crippen LogP contribution is 2.37. The second-order valence-corrected chi connectivity index (χ2v) is 4.16. The second kappa shape index (κ2) is 6.15. The van der Waals surface area contributed by atoms with Gasteiger partial charge < -0.3 is 14.8 Å². The topological polar surface area (TPSA) is 98.0 Å². The van der Waals surface area contributed by atoms with Crippen molar-refractivity contribution in [3.63, 3.8) is 0 Å². The zero-order valence-electron chi connectivity index (χ0n) is 10.6. The molecule has 20 heavy (non-hydrogen) atoms. The van der Waals surface area contributed by atoms with E-state index >= 15 is 0 Å². The highest BCUT2D eigenvalue weighted by atomic mass is 32.1.